The highest BCUT2D eigenvalue weighted by Gasteiger charge is 2.18. The van der Waals surface area contributed by atoms with Crippen LogP contribution in [-0.2, 0) is 6.42 Å². The second-order valence-electron chi connectivity index (χ2n) is 6.98. The zero-order valence-electron chi connectivity index (χ0n) is 16.4. The molecule has 0 atom stereocenters. The van der Waals surface area contributed by atoms with Gasteiger partial charge in [0, 0.05) is 29.9 Å². The third-order valence-corrected chi connectivity index (χ3v) is 5.67. The first-order chi connectivity index (χ1) is 15.2. The zero-order chi connectivity index (χ0) is 21.2. The molecule has 5 rings (SSSR count). The van der Waals surface area contributed by atoms with Crippen molar-refractivity contribution < 1.29 is 9.50 Å². The molecule has 0 aliphatic carbocycles. The molecule has 3 aromatic heterocycles. The van der Waals surface area contributed by atoms with Crippen molar-refractivity contribution in [2.24, 2.45) is 0 Å². The van der Waals surface area contributed by atoms with E-state index in [0.29, 0.717) is 12.5 Å². The Morgan fingerprint density at radius 3 is 2.61 bits per heavy atom. The number of thiazole rings is 1. The first kappa shape index (κ1) is 19.2. The monoisotopic (exact) mass is 431 g/mol. The van der Waals surface area contributed by atoms with Gasteiger partial charge in [0.2, 0.25) is 5.95 Å². The molecule has 2 N–H and O–H groups in total. The molecule has 3 heterocycles. The average molecular weight is 431 g/mol. The molecule has 0 unspecified atom stereocenters. The van der Waals surface area contributed by atoms with Crippen molar-refractivity contribution in [3.05, 3.63) is 83.8 Å². The Morgan fingerprint density at radius 2 is 1.81 bits per heavy atom. The van der Waals surface area contributed by atoms with E-state index in [0.717, 1.165) is 39.6 Å². The molecule has 5 aromatic rings. The number of nitrogens with zero attached hydrogens (tertiary/aromatic N) is 4. The van der Waals surface area contributed by atoms with Crippen LogP contribution in [0.3, 0.4) is 0 Å². The van der Waals surface area contributed by atoms with E-state index in [9.17, 15) is 9.50 Å². The molecule has 0 spiro atoms. The van der Waals surface area contributed by atoms with Crippen molar-refractivity contribution in [3.63, 3.8) is 0 Å². The van der Waals surface area contributed by atoms with Crippen LogP contribution in [0.25, 0.3) is 27.6 Å². The van der Waals surface area contributed by atoms with Gasteiger partial charge in [0.1, 0.15) is 17.3 Å². The highest BCUT2D eigenvalue weighted by Crippen LogP contribution is 2.33. The Hall–Kier alpha value is -3.78. The largest absolute Gasteiger partial charge is 0.508 e. The quantitative estimate of drug-likeness (QED) is 0.395. The molecule has 2 aromatic carbocycles. The van der Waals surface area contributed by atoms with E-state index in [-0.39, 0.29) is 11.6 Å². The highest BCUT2D eigenvalue weighted by atomic mass is 32.1. The molecule has 0 amide bonds. The van der Waals surface area contributed by atoms with Gasteiger partial charge in [-0.25, -0.2) is 19.3 Å². The van der Waals surface area contributed by atoms with Gasteiger partial charge >= 0.3 is 0 Å². The topological polar surface area (TPSA) is 75.3 Å². The van der Waals surface area contributed by atoms with Gasteiger partial charge in [-0.1, -0.05) is 12.1 Å². The van der Waals surface area contributed by atoms with E-state index in [4.69, 9.17) is 9.97 Å². The summed E-state index contributed by atoms with van der Waals surface area (Å²) in [5.74, 6) is 0.491. The Bertz CT molecular complexity index is 1330. The molecule has 8 heteroatoms. The maximum atomic E-state index is 13.4. The number of phenols is 1. The Balaban J connectivity index is 1.44. The maximum absolute atomic E-state index is 13.4. The van der Waals surface area contributed by atoms with E-state index in [2.05, 4.69) is 10.3 Å². The number of benzene rings is 2. The summed E-state index contributed by atoms with van der Waals surface area (Å²) in [5.41, 5.74) is 4.25. The summed E-state index contributed by atoms with van der Waals surface area (Å²) >= 11 is 1.53. The molecular formula is C23H18FN5OS. The second-order valence-corrected chi connectivity index (χ2v) is 7.85. The van der Waals surface area contributed by atoms with E-state index in [1.807, 2.05) is 34.2 Å². The first-order valence-corrected chi connectivity index (χ1v) is 10.6. The minimum Gasteiger partial charge on any atom is -0.508 e. The molecule has 31 heavy (non-hydrogen) atoms. The number of fused-ring (bicyclic) bond motifs is 1. The van der Waals surface area contributed by atoms with E-state index in [1.165, 1.54) is 23.5 Å². The molecule has 0 bridgehead atoms. The summed E-state index contributed by atoms with van der Waals surface area (Å²) in [6.07, 6.45) is 4.44. The molecule has 0 saturated carbocycles. The number of rotatable bonds is 6. The van der Waals surface area contributed by atoms with Crippen LogP contribution >= 0.6 is 11.3 Å². The molecule has 0 aliphatic heterocycles. The molecule has 154 valence electrons. The summed E-state index contributed by atoms with van der Waals surface area (Å²) in [7, 11) is 0. The summed E-state index contributed by atoms with van der Waals surface area (Å²) < 4.78 is 15.4. The van der Waals surface area contributed by atoms with Crippen molar-refractivity contribution in [1.82, 2.24) is 19.4 Å². The predicted molar refractivity (Wildman–Crippen MR) is 120 cm³/mol. The van der Waals surface area contributed by atoms with Gasteiger partial charge < -0.3 is 10.4 Å². The molecular weight excluding hydrogens is 413 g/mol. The number of aromatic nitrogens is 4. The van der Waals surface area contributed by atoms with Crippen molar-refractivity contribution in [1.29, 1.82) is 0 Å². The molecule has 6 nitrogen and oxygen atoms in total. The fourth-order valence-corrected chi connectivity index (χ4v) is 4.11. The van der Waals surface area contributed by atoms with Crippen molar-refractivity contribution in [3.8, 4) is 28.4 Å². The minimum atomic E-state index is -0.284. The van der Waals surface area contributed by atoms with Crippen molar-refractivity contribution >= 4 is 22.2 Å². The van der Waals surface area contributed by atoms with Gasteiger partial charge in [-0.3, -0.25) is 4.40 Å². The van der Waals surface area contributed by atoms with Crippen LogP contribution in [0.15, 0.2) is 72.4 Å². The highest BCUT2D eigenvalue weighted by molar-refractivity contribution is 7.15. The van der Waals surface area contributed by atoms with Crippen molar-refractivity contribution in [2.75, 3.05) is 11.9 Å². The lowest BCUT2D eigenvalue weighted by molar-refractivity contribution is 0.475. The predicted octanol–water partition coefficient (Wildman–Crippen LogP) is 5.02. The molecule has 0 saturated heterocycles. The number of hydrogen-bond acceptors (Lipinski definition) is 6. The number of halogens is 1. The molecule has 0 fully saturated rings. The molecule has 0 aliphatic rings. The van der Waals surface area contributed by atoms with Crippen LogP contribution in [0.2, 0.25) is 0 Å². The third-order valence-electron chi connectivity index (χ3n) is 4.91. The van der Waals surface area contributed by atoms with E-state index < -0.39 is 0 Å². The fourth-order valence-electron chi connectivity index (χ4n) is 3.40. The van der Waals surface area contributed by atoms with E-state index >= 15 is 0 Å². The third kappa shape index (κ3) is 3.97. The average Bonchev–Trinajstić information content (AvgIpc) is 3.37. The lowest BCUT2D eigenvalue weighted by Gasteiger charge is -2.08. The standard InChI is InChI=1S/C23H18FN5OS/c24-17-5-3-16(4-6-17)20-21(29-13-14-31-23(29)28-20)19-10-12-26-22(27-19)25-11-9-15-1-7-18(30)8-2-15/h1-8,10,12-14,30H,9,11H2,(H,25,26,27). The number of hydrogen-bond donors (Lipinski definition) is 2. The van der Waals surface area contributed by atoms with Crippen LogP contribution in [0, 0.1) is 5.82 Å². The Morgan fingerprint density at radius 1 is 1.00 bits per heavy atom. The van der Waals surface area contributed by atoms with Gasteiger partial charge in [0.05, 0.1) is 11.4 Å². The van der Waals surface area contributed by atoms with Crippen LogP contribution in [0.5, 0.6) is 5.75 Å². The SMILES string of the molecule is Oc1ccc(CCNc2nccc(-c3c(-c4ccc(F)cc4)nc4sccn34)n2)cc1. The fraction of sp³-hybridized carbons (Fsp3) is 0.0870. The van der Waals surface area contributed by atoms with Crippen molar-refractivity contribution in [2.45, 2.75) is 6.42 Å². The van der Waals surface area contributed by atoms with Gasteiger partial charge in [0.15, 0.2) is 4.96 Å². The normalized spacial score (nSPS) is 11.1. The first-order valence-electron chi connectivity index (χ1n) is 9.74. The van der Waals surface area contributed by atoms with Gasteiger partial charge in [-0.2, -0.15) is 0 Å². The second kappa shape index (κ2) is 8.16. The summed E-state index contributed by atoms with van der Waals surface area (Å²) in [6, 6.07) is 15.3. The lowest BCUT2D eigenvalue weighted by Crippen LogP contribution is -2.08. The number of imidazole rings is 1. The minimum absolute atomic E-state index is 0.255. The number of anilines is 1. The number of nitrogens with one attached hydrogen (secondary N) is 1. The van der Waals surface area contributed by atoms with Crippen LogP contribution < -0.4 is 5.32 Å². The van der Waals surface area contributed by atoms with Gasteiger partial charge in [0.25, 0.3) is 0 Å². The zero-order valence-corrected chi connectivity index (χ0v) is 17.2. The van der Waals surface area contributed by atoms with Gasteiger partial charge in [-0.15, -0.1) is 11.3 Å². The lowest BCUT2D eigenvalue weighted by atomic mass is 10.1. The number of aromatic hydroxyl groups is 1. The molecule has 0 radical (unpaired) electrons. The van der Waals surface area contributed by atoms with E-state index in [1.54, 1.807) is 30.5 Å². The summed E-state index contributed by atoms with van der Waals surface area (Å²) in [5, 5.41) is 14.6. The maximum Gasteiger partial charge on any atom is 0.223 e. The van der Waals surface area contributed by atoms with Crippen LogP contribution in [0.4, 0.5) is 10.3 Å². The number of phenolic OH excluding ortho intramolecular Hbond substituents is 1. The summed E-state index contributed by atoms with van der Waals surface area (Å²) in [6.45, 7) is 0.652. The van der Waals surface area contributed by atoms with Crippen LogP contribution in [0.1, 0.15) is 5.56 Å². The van der Waals surface area contributed by atoms with Gasteiger partial charge in [-0.05, 0) is 54.4 Å². The Labute approximate surface area is 181 Å². The smallest absolute Gasteiger partial charge is 0.223 e. The Kier molecular flexibility index (Phi) is 5.05. The summed E-state index contributed by atoms with van der Waals surface area (Å²) in [4.78, 5) is 14.6. The van der Waals surface area contributed by atoms with Crippen LogP contribution in [-0.4, -0.2) is 31.0 Å².